The van der Waals surface area contributed by atoms with E-state index in [1.54, 1.807) is 4.68 Å². The minimum Gasteiger partial charge on any atom is -0.274 e. The van der Waals surface area contributed by atoms with Crippen LogP contribution in [-0.2, 0) is 10.4 Å². The third-order valence-electron chi connectivity index (χ3n) is 1.93. The van der Waals surface area contributed by atoms with Gasteiger partial charge in [0.1, 0.15) is 6.33 Å². The Hall–Kier alpha value is -1.43. The second kappa shape index (κ2) is 3.98. The van der Waals surface area contributed by atoms with Crippen LogP contribution in [0.25, 0.3) is 0 Å². The molecule has 0 N–H and O–H groups in total. The first-order valence-electron chi connectivity index (χ1n) is 4.60. The molecule has 0 unspecified atom stereocenters. The standard InChI is InChI=1S/C9H16N4O2/c1-9(2,3)13-7(10-6-11-13)8(14)12(4)15-5/h6H,1-5H3. The number of carbonyl (C=O) groups excluding carboxylic acids is 1. The van der Waals surface area contributed by atoms with E-state index in [-0.39, 0.29) is 17.3 Å². The molecule has 1 rings (SSSR count). The smallest absolute Gasteiger partial charge is 0.274 e. The maximum absolute atomic E-state index is 11.8. The molecule has 0 bridgehead atoms. The van der Waals surface area contributed by atoms with Crippen molar-refractivity contribution in [1.82, 2.24) is 19.8 Å². The molecule has 15 heavy (non-hydrogen) atoms. The van der Waals surface area contributed by atoms with Gasteiger partial charge in [-0.1, -0.05) is 0 Å². The van der Waals surface area contributed by atoms with Gasteiger partial charge in [0.15, 0.2) is 0 Å². The quantitative estimate of drug-likeness (QED) is 0.676. The van der Waals surface area contributed by atoms with Crippen LogP contribution < -0.4 is 0 Å². The number of amides is 1. The highest BCUT2D eigenvalue weighted by atomic mass is 16.7. The van der Waals surface area contributed by atoms with Crippen LogP contribution in [0.4, 0.5) is 0 Å². The number of aromatic nitrogens is 3. The predicted octanol–water partition coefficient (Wildman–Crippen LogP) is 0.666. The van der Waals surface area contributed by atoms with E-state index in [0.29, 0.717) is 0 Å². The van der Waals surface area contributed by atoms with Crippen molar-refractivity contribution in [2.75, 3.05) is 14.2 Å². The molecule has 0 saturated heterocycles. The van der Waals surface area contributed by atoms with Crippen molar-refractivity contribution in [1.29, 1.82) is 0 Å². The highest BCUT2D eigenvalue weighted by Gasteiger charge is 2.25. The molecule has 0 aliphatic rings. The van der Waals surface area contributed by atoms with Gasteiger partial charge in [0.2, 0.25) is 5.82 Å². The lowest BCUT2D eigenvalue weighted by atomic mass is 10.1. The van der Waals surface area contributed by atoms with Crippen molar-refractivity contribution in [2.45, 2.75) is 26.3 Å². The lowest BCUT2D eigenvalue weighted by Gasteiger charge is -2.22. The number of hydrogen-bond acceptors (Lipinski definition) is 4. The van der Waals surface area contributed by atoms with Crippen LogP contribution in [-0.4, -0.2) is 39.9 Å². The predicted molar refractivity (Wildman–Crippen MR) is 54.1 cm³/mol. The first kappa shape index (κ1) is 11.6. The van der Waals surface area contributed by atoms with Gasteiger partial charge in [-0.2, -0.15) is 5.10 Å². The van der Waals surface area contributed by atoms with Crippen molar-refractivity contribution in [2.24, 2.45) is 0 Å². The van der Waals surface area contributed by atoms with E-state index in [1.807, 2.05) is 20.8 Å². The summed E-state index contributed by atoms with van der Waals surface area (Å²) < 4.78 is 1.57. The average Bonchev–Trinajstić information content (AvgIpc) is 2.63. The van der Waals surface area contributed by atoms with Gasteiger partial charge in [0.05, 0.1) is 12.6 Å². The molecule has 1 aromatic rings. The van der Waals surface area contributed by atoms with Crippen LogP contribution in [0.5, 0.6) is 0 Å². The molecular weight excluding hydrogens is 196 g/mol. The molecule has 1 heterocycles. The Kier molecular flexibility index (Phi) is 3.09. The van der Waals surface area contributed by atoms with Crippen molar-refractivity contribution < 1.29 is 9.63 Å². The molecule has 0 fully saturated rings. The normalized spacial score (nSPS) is 11.5. The Morgan fingerprint density at radius 2 is 2.13 bits per heavy atom. The summed E-state index contributed by atoms with van der Waals surface area (Å²) >= 11 is 0. The summed E-state index contributed by atoms with van der Waals surface area (Å²) in [7, 11) is 2.96. The van der Waals surface area contributed by atoms with Crippen molar-refractivity contribution >= 4 is 5.91 Å². The van der Waals surface area contributed by atoms with Crippen LogP contribution >= 0.6 is 0 Å². The van der Waals surface area contributed by atoms with Gasteiger partial charge in [0, 0.05) is 7.05 Å². The minimum absolute atomic E-state index is 0.270. The summed E-state index contributed by atoms with van der Waals surface area (Å²) in [5, 5.41) is 5.15. The van der Waals surface area contributed by atoms with Crippen LogP contribution in [0.15, 0.2) is 6.33 Å². The number of rotatable bonds is 2. The van der Waals surface area contributed by atoms with Gasteiger partial charge in [-0.15, -0.1) is 0 Å². The van der Waals surface area contributed by atoms with E-state index in [9.17, 15) is 4.79 Å². The lowest BCUT2D eigenvalue weighted by Crippen LogP contribution is -2.33. The molecule has 6 heteroatoms. The van der Waals surface area contributed by atoms with Crippen LogP contribution in [0, 0.1) is 0 Å². The topological polar surface area (TPSA) is 60.2 Å². The molecule has 84 valence electrons. The maximum atomic E-state index is 11.8. The van der Waals surface area contributed by atoms with Gasteiger partial charge in [0.25, 0.3) is 0 Å². The second-order valence-corrected chi connectivity index (χ2v) is 4.15. The maximum Gasteiger partial charge on any atom is 0.314 e. The Labute approximate surface area is 88.8 Å². The molecular formula is C9H16N4O2. The summed E-state index contributed by atoms with van der Waals surface area (Å²) in [4.78, 5) is 20.5. The van der Waals surface area contributed by atoms with E-state index in [0.717, 1.165) is 5.06 Å². The highest BCUT2D eigenvalue weighted by Crippen LogP contribution is 2.14. The fourth-order valence-electron chi connectivity index (χ4n) is 1.10. The highest BCUT2D eigenvalue weighted by molar-refractivity contribution is 5.89. The van der Waals surface area contributed by atoms with Crippen LogP contribution in [0.3, 0.4) is 0 Å². The average molecular weight is 212 g/mol. The molecule has 0 radical (unpaired) electrons. The van der Waals surface area contributed by atoms with Crippen LogP contribution in [0.2, 0.25) is 0 Å². The van der Waals surface area contributed by atoms with E-state index in [2.05, 4.69) is 10.1 Å². The van der Waals surface area contributed by atoms with Gasteiger partial charge < -0.3 is 0 Å². The molecule has 0 aromatic carbocycles. The number of hydroxylamine groups is 2. The fraction of sp³-hybridized carbons (Fsp3) is 0.667. The first-order valence-corrected chi connectivity index (χ1v) is 4.60. The van der Waals surface area contributed by atoms with E-state index < -0.39 is 0 Å². The Morgan fingerprint density at radius 1 is 1.53 bits per heavy atom. The fourth-order valence-corrected chi connectivity index (χ4v) is 1.10. The summed E-state index contributed by atoms with van der Waals surface area (Å²) in [5.74, 6) is -0.0447. The number of carbonyl (C=O) groups is 1. The molecule has 0 saturated carbocycles. The van der Waals surface area contributed by atoms with Crippen molar-refractivity contribution in [3.8, 4) is 0 Å². The molecule has 0 aliphatic heterocycles. The zero-order valence-electron chi connectivity index (χ0n) is 9.68. The summed E-state index contributed by atoms with van der Waals surface area (Å²) in [6, 6.07) is 0. The third-order valence-corrected chi connectivity index (χ3v) is 1.93. The van der Waals surface area contributed by atoms with E-state index in [4.69, 9.17) is 4.84 Å². The molecule has 1 amide bonds. The van der Waals surface area contributed by atoms with E-state index in [1.165, 1.54) is 20.5 Å². The Balaban J connectivity index is 3.06. The SMILES string of the molecule is CON(C)C(=O)c1ncnn1C(C)(C)C. The molecule has 0 spiro atoms. The second-order valence-electron chi connectivity index (χ2n) is 4.15. The summed E-state index contributed by atoms with van der Waals surface area (Å²) in [6.45, 7) is 5.85. The first-order chi connectivity index (χ1) is 6.88. The molecule has 1 aromatic heterocycles. The largest absolute Gasteiger partial charge is 0.314 e. The van der Waals surface area contributed by atoms with E-state index >= 15 is 0 Å². The van der Waals surface area contributed by atoms with Gasteiger partial charge in [-0.25, -0.2) is 14.7 Å². The zero-order valence-corrected chi connectivity index (χ0v) is 9.68. The molecule has 0 atom stereocenters. The molecule has 6 nitrogen and oxygen atoms in total. The lowest BCUT2D eigenvalue weighted by molar-refractivity contribution is -0.0770. The van der Waals surface area contributed by atoms with Gasteiger partial charge in [-0.05, 0) is 20.8 Å². The zero-order chi connectivity index (χ0) is 11.6. The van der Waals surface area contributed by atoms with Crippen LogP contribution in [0.1, 0.15) is 31.4 Å². The van der Waals surface area contributed by atoms with Gasteiger partial charge >= 0.3 is 5.91 Å². The number of hydrogen-bond donors (Lipinski definition) is 0. The van der Waals surface area contributed by atoms with Crippen molar-refractivity contribution in [3.63, 3.8) is 0 Å². The monoisotopic (exact) mass is 212 g/mol. The molecule has 0 aliphatic carbocycles. The number of nitrogens with zero attached hydrogens (tertiary/aromatic N) is 4. The Bertz CT molecular complexity index is 353. The van der Waals surface area contributed by atoms with Gasteiger partial charge in [-0.3, -0.25) is 9.63 Å². The third kappa shape index (κ3) is 2.33. The Morgan fingerprint density at radius 3 is 2.60 bits per heavy atom. The summed E-state index contributed by atoms with van der Waals surface area (Å²) in [6.07, 6.45) is 1.36. The van der Waals surface area contributed by atoms with Crippen molar-refractivity contribution in [3.05, 3.63) is 12.2 Å². The summed E-state index contributed by atoms with van der Waals surface area (Å²) in [5.41, 5.74) is -0.282. The minimum atomic E-state index is -0.315.